The average Bonchev–Trinajstić information content (AvgIpc) is 3.42. The number of Topliss-reactive ketones (excluding diaryl/α,β-unsaturated/α-hetero) is 1. The minimum Gasteiger partial charge on any atom is -0.451 e. The number of aromatic nitrogens is 5. The third-order valence-corrected chi connectivity index (χ3v) is 5.08. The number of para-hydroxylation sites is 1. The lowest BCUT2D eigenvalue weighted by molar-refractivity contribution is 0.0318. The molecular weight excluding hydrogens is 394 g/mol. The number of ketones is 1. The van der Waals surface area contributed by atoms with Crippen molar-refractivity contribution in [2.75, 3.05) is 0 Å². The lowest BCUT2D eigenvalue weighted by Gasteiger charge is -2.13. The molecule has 4 aromatic rings. The molecule has 156 valence electrons. The van der Waals surface area contributed by atoms with Crippen molar-refractivity contribution in [2.45, 2.75) is 26.9 Å². The summed E-state index contributed by atoms with van der Waals surface area (Å²) in [5.74, 6) is -0.810. The molecule has 0 bridgehead atoms. The molecule has 0 aliphatic rings. The maximum absolute atomic E-state index is 13.0. The van der Waals surface area contributed by atoms with E-state index in [1.165, 1.54) is 11.0 Å². The molecule has 2 heterocycles. The molecule has 2 aromatic heterocycles. The number of benzene rings is 2. The van der Waals surface area contributed by atoms with Crippen LogP contribution in [-0.2, 0) is 4.74 Å². The molecule has 0 unspecified atom stereocenters. The summed E-state index contributed by atoms with van der Waals surface area (Å²) in [6, 6.07) is 18.3. The molecule has 8 heteroatoms. The third kappa shape index (κ3) is 4.00. The van der Waals surface area contributed by atoms with Gasteiger partial charge in [0, 0.05) is 22.6 Å². The summed E-state index contributed by atoms with van der Waals surface area (Å²) < 4.78 is 8.94. The molecule has 0 fully saturated rings. The molecule has 0 amide bonds. The van der Waals surface area contributed by atoms with Gasteiger partial charge >= 0.3 is 5.97 Å². The Morgan fingerprint density at radius 2 is 1.68 bits per heavy atom. The number of hydrogen-bond acceptors (Lipinski definition) is 6. The first-order valence-electron chi connectivity index (χ1n) is 9.78. The van der Waals surface area contributed by atoms with Crippen LogP contribution in [0.3, 0.4) is 0 Å². The van der Waals surface area contributed by atoms with Crippen LogP contribution in [0.15, 0.2) is 67.0 Å². The van der Waals surface area contributed by atoms with Gasteiger partial charge in [0.2, 0.25) is 5.78 Å². The summed E-state index contributed by atoms with van der Waals surface area (Å²) in [5.41, 5.74) is 4.30. The van der Waals surface area contributed by atoms with Gasteiger partial charge in [-0.3, -0.25) is 4.79 Å². The van der Waals surface area contributed by atoms with Crippen LogP contribution >= 0.6 is 0 Å². The van der Waals surface area contributed by atoms with Crippen molar-refractivity contribution < 1.29 is 14.3 Å². The monoisotopic (exact) mass is 415 g/mol. The highest BCUT2D eigenvalue weighted by Crippen LogP contribution is 2.22. The van der Waals surface area contributed by atoms with E-state index in [2.05, 4.69) is 15.5 Å². The number of esters is 1. The Labute approximate surface area is 179 Å². The van der Waals surface area contributed by atoms with Crippen LogP contribution in [0, 0.1) is 13.8 Å². The van der Waals surface area contributed by atoms with Crippen LogP contribution in [0.5, 0.6) is 0 Å². The molecule has 0 radical (unpaired) electrons. The van der Waals surface area contributed by atoms with E-state index < -0.39 is 12.1 Å². The van der Waals surface area contributed by atoms with E-state index in [0.717, 1.165) is 17.1 Å². The predicted octanol–water partition coefficient (Wildman–Crippen LogP) is 3.50. The smallest absolute Gasteiger partial charge is 0.338 e. The number of carbonyl (C=O) groups excluding carboxylic acids is 2. The lowest BCUT2D eigenvalue weighted by Crippen LogP contribution is -2.25. The minimum atomic E-state index is -0.920. The largest absolute Gasteiger partial charge is 0.451 e. The standard InChI is InChI=1S/C23H21N5O3/c1-15-13-21(16(2)28(15)20-7-5-4-6-8-20)22(29)17(3)31-23(30)18-9-11-19(12-10-18)27-14-24-25-26-27/h4-14,17H,1-3H3/t17-/m1/s1. The molecule has 0 aliphatic carbocycles. The Hall–Kier alpha value is -4.07. The summed E-state index contributed by atoms with van der Waals surface area (Å²) >= 11 is 0. The van der Waals surface area contributed by atoms with Crippen molar-refractivity contribution >= 4 is 11.8 Å². The zero-order chi connectivity index (χ0) is 22.0. The van der Waals surface area contributed by atoms with Gasteiger partial charge in [-0.1, -0.05) is 18.2 Å². The quantitative estimate of drug-likeness (QED) is 0.354. The van der Waals surface area contributed by atoms with Gasteiger partial charge < -0.3 is 9.30 Å². The zero-order valence-electron chi connectivity index (χ0n) is 17.4. The summed E-state index contributed by atoms with van der Waals surface area (Å²) in [6.07, 6.45) is 0.538. The second kappa shape index (κ2) is 8.35. The van der Waals surface area contributed by atoms with Crippen LogP contribution in [-0.4, -0.2) is 42.6 Å². The van der Waals surface area contributed by atoms with Crippen molar-refractivity contribution in [3.05, 3.63) is 89.5 Å². The fourth-order valence-corrected chi connectivity index (χ4v) is 3.52. The maximum atomic E-state index is 13.0. The second-order valence-electron chi connectivity index (χ2n) is 7.17. The van der Waals surface area contributed by atoms with E-state index in [9.17, 15) is 9.59 Å². The molecular formula is C23H21N5O3. The fourth-order valence-electron chi connectivity index (χ4n) is 3.52. The average molecular weight is 415 g/mol. The summed E-state index contributed by atoms with van der Waals surface area (Å²) in [5, 5.41) is 11.0. The van der Waals surface area contributed by atoms with Crippen molar-refractivity contribution in [1.29, 1.82) is 0 Å². The van der Waals surface area contributed by atoms with Crippen molar-refractivity contribution in [3.63, 3.8) is 0 Å². The normalized spacial score (nSPS) is 11.8. The number of hydrogen-bond donors (Lipinski definition) is 0. The molecule has 31 heavy (non-hydrogen) atoms. The summed E-state index contributed by atoms with van der Waals surface area (Å²) in [6.45, 7) is 5.42. The number of ether oxygens (including phenoxy) is 1. The summed E-state index contributed by atoms with van der Waals surface area (Å²) in [4.78, 5) is 25.6. The van der Waals surface area contributed by atoms with E-state index in [0.29, 0.717) is 16.8 Å². The topological polar surface area (TPSA) is 91.9 Å². The molecule has 0 N–H and O–H groups in total. The van der Waals surface area contributed by atoms with Crippen molar-refractivity contribution in [2.24, 2.45) is 0 Å². The van der Waals surface area contributed by atoms with Gasteiger partial charge in [-0.2, -0.15) is 0 Å². The first kappa shape index (κ1) is 20.2. The number of rotatable bonds is 6. The molecule has 8 nitrogen and oxygen atoms in total. The van der Waals surface area contributed by atoms with Gasteiger partial charge in [0.05, 0.1) is 11.3 Å². The number of carbonyl (C=O) groups is 2. The van der Waals surface area contributed by atoms with Gasteiger partial charge in [-0.25, -0.2) is 9.48 Å². The Bertz CT molecular complexity index is 1210. The van der Waals surface area contributed by atoms with Crippen molar-refractivity contribution in [1.82, 2.24) is 24.8 Å². The first-order chi connectivity index (χ1) is 15.0. The molecule has 2 aromatic carbocycles. The van der Waals surface area contributed by atoms with Crippen LogP contribution in [0.2, 0.25) is 0 Å². The highest BCUT2D eigenvalue weighted by atomic mass is 16.5. The van der Waals surface area contributed by atoms with E-state index >= 15 is 0 Å². The Morgan fingerprint density at radius 3 is 2.32 bits per heavy atom. The lowest BCUT2D eigenvalue weighted by atomic mass is 10.1. The van der Waals surface area contributed by atoms with Crippen molar-refractivity contribution in [3.8, 4) is 11.4 Å². The Balaban J connectivity index is 1.49. The molecule has 1 atom stereocenters. The Kier molecular flexibility index (Phi) is 5.44. The third-order valence-electron chi connectivity index (χ3n) is 5.08. The molecule has 0 saturated carbocycles. The number of aryl methyl sites for hydroxylation is 1. The Morgan fingerprint density at radius 1 is 0.968 bits per heavy atom. The highest BCUT2D eigenvalue weighted by molar-refractivity contribution is 6.02. The van der Waals surface area contributed by atoms with Crippen LogP contribution in [0.1, 0.15) is 39.0 Å². The zero-order valence-corrected chi connectivity index (χ0v) is 17.4. The first-order valence-corrected chi connectivity index (χ1v) is 9.78. The van der Waals surface area contributed by atoms with Gasteiger partial charge in [-0.15, -0.1) is 5.10 Å². The van der Waals surface area contributed by atoms with Crippen LogP contribution in [0.25, 0.3) is 11.4 Å². The van der Waals surface area contributed by atoms with Crippen LogP contribution < -0.4 is 0 Å². The number of tetrazole rings is 1. The minimum absolute atomic E-state index is 0.242. The fraction of sp³-hybridized carbons (Fsp3) is 0.174. The van der Waals surface area contributed by atoms with Crippen LogP contribution in [0.4, 0.5) is 0 Å². The van der Waals surface area contributed by atoms with Gasteiger partial charge in [0.1, 0.15) is 6.33 Å². The van der Waals surface area contributed by atoms with Gasteiger partial charge in [0.25, 0.3) is 0 Å². The van der Waals surface area contributed by atoms with E-state index in [-0.39, 0.29) is 5.78 Å². The van der Waals surface area contributed by atoms with E-state index in [4.69, 9.17) is 4.74 Å². The van der Waals surface area contributed by atoms with E-state index in [1.54, 1.807) is 31.2 Å². The predicted molar refractivity (Wildman–Crippen MR) is 114 cm³/mol. The van der Waals surface area contributed by atoms with Gasteiger partial charge in [-0.05, 0) is 73.7 Å². The SMILES string of the molecule is Cc1cc(C(=O)[C@@H](C)OC(=O)c2ccc(-n3cnnn3)cc2)c(C)n1-c1ccccc1. The second-order valence-corrected chi connectivity index (χ2v) is 7.17. The highest BCUT2D eigenvalue weighted by Gasteiger charge is 2.24. The van der Waals surface area contributed by atoms with Gasteiger partial charge in [0.15, 0.2) is 6.10 Å². The molecule has 0 saturated heterocycles. The molecule has 0 aliphatic heterocycles. The van der Waals surface area contributed by atoms with E-state index in [1.807, 2.05) is 54.8 Å². The summed E-state index contributed by atoms with van der Waals surface area (Å²) in [7, 11) is 0. The molecule has 4 rings (SSSR count). The maximum Gasteiger partial charge on any atom is 0.338 e. The number of nitrogens with zero attached hydrogens (tertiary/aromatic N) is 5. The molecule has 0 spiro atoms.